The van der Waals surface area contributed by atoms with Crippen LogP contribution >= 0.6 is 0 Å². The lowest BCUT2D eigenvalue weighted by Crippen LogP contribution is -2.34. The molecule has 112 valence electrons. The Kier molecular flexibility index (Phi) is 5.84. The Hall–Kier alpha value is -1.09. The first-order valence-electron chi connectivity index (χ1n) is 8.15. The van der Waals surface area contributed by atoms with Crippen molar-refractivity contribution in [2.75, 3.05) is 25.0 Å². The second kappa shape index (κ2) is 7.63. The molecule has 3 nitrogen and oxygen atoms in total. The molecule has 1 aromatic rings. The van der Waals surface area contributed by atoms with Crippen LogP contribution in [0.2, 0.25) is 0 Å². The lowest BCUT2D eigenvalue weighted by Gasteiger charge is -2.36. The monoisotopic (exact) mass is 275 g/mol. The smallest absolute Gasteiger partial charge is 0.130 e. The van der Waals surface area contributed by atoms with Gasteiger partial charge >= 0.3 is 0 Å². The quantitative estimate of drug-likeness (QED) is 0.847. The summed E-state index contributed by atoms with van der Waals surface area (Å²) in [5.41, 5.74) is 1.39. The van der Waals surface area contributed by atoms with Crippen LogP contribution in [-0.4, -0.2) is 29.5 Å². The van der Waals surface area contributed by atoms with Gasteiger partial charge in [0, 0.05) is 24.3 Å². The lowest BCUT2D eigenvalue weighted by atomic mass is 9.95. The second-order valence-electron chi connectivity index (χ2n) is 6.26. The number of hydrogen-bond donors (Lipinski definition) is 1. The van der Waals surface area contributed by atoms with Gasteiger partial charge in [-0.05, 0) is 44.3 Å². The van der Waals surface area contributed by atoms with Gasteiger partial charge in [0.1, 0.15) is 5.82 Å². The standard InChI is InChI=1S/C17H29N3/c1-4-11-20-12-6-5-9-16(20)15-8-7-10-18-17(15)19-13-14(2)3/h7-8,10,14,16H,4-6,9,11-13H2,1-3H3,(H,18,19)/t16-/m0/s1. The summed E-state index contributed by atoms with van der Waals surface area (Å²) in [6.45, 7) is 10.2. The van der Waals surface area contributed by atoms with Crippen molar-refractivity contribution in [2.24, 2.45) is 5.92 Å². The molecule has 1 aliphatic rings. The van der Waals surface area contributed by atoms with Crippen LogP contribution in [0.3, 0.4) is 0 Å². The van der Waals surface area contributed by atoms with Crippen LogP contribution in [0.25, 0.3) is 0 Å². The fraction of sp³-hybridized carbons (Fsp3) is 0.706. The molecule has 20 heavy (non-hydrogen) atoms. The molecule has 0 radical (unpaired) electrons. The number of nitrogens with zero attached hydrogens (tertiary/aromatic N) is 2. The second-order valence-corrected chi connectivity index (χ2v) is 6.26. The third-order valence-corrected chi connectivity index (χ3v) is 4.00. The SMILES string of the molecule is CCCN1CCCC[C@H]1c1cccnc1NCC(C)C. The normalized spacial score (nSPS) is 20.3. The van der Waals surface area contributed by atoms with Crippen molar-refractivity contribution >= 4 is 5.82 Å². The summed E-state index contributed by atoms with van der Waals surface area (Å²) in [5, 5.41) is 3.53. The number of pyridine rings is 1. The van der Waals surface area contributed by atoms with Crippen molar-refractivity contribution in [1.82, 2.24) is 9.88 Å². The van der Waals surface area contributed by atoms with Crippen LogP contribution in [0.1, 0.15) is 58.1 Å². The van der Waals surface area contributed by atoms with E-state index in [2.05, 4.69) is 48.1 Å². The minimum Gasteiger partial charge on any atom is -0.370 e. The number of nitrogens with one attached hydrogen (secondary N) is 1. The molecular formula is C17H29N3. The zero-order valence-corrected chi connectivity index (χ0v) is 13.2. The van der Waals surface area contributed by atoms with E-state index in [1.807, 2.05) is 6.20 Å². The van der Waals surface area contributed by atoms with Gasteiger partial charge < -0.3 is 5.32 Å². The Morgan fingerprint density at radius 3 is 3.00 bits per heavy atom. The van der Waals surface area contributed by atoms with E-state index in [0.29, 0.717) is 12.0 Å². The molecule has 0 saturated carbocycles. The Balaban J connectivity index is 2.16. The average Bonchev–Trinajstić information content (AvgIpc) is 2.46. The molecule has 0 unspecified atom stereocenters. The maximum Gasteiger partial charge on any atom is 0.130 e. The van der Waals surface area contributed by atoms with E-state index < -0.39 is 0 Å². The largest absolute Gasteiger partial charge is 0.370 e. The molecule has 1 fully saturated rings. The Bertz CT molecular complexity index is 401. The molecule has 3 heteroatoms. The zero-order valence-electron chi connectivity index (χ0n) is 13.2. The first kappa shape index (κ1) is 15.3. The van der Waals surface area contributed by atoms with Crippen LogP contribution in [0.5, 0.6) is 0 Å². The third kappa shape index (κ3) is 3.95. The number of rotatable bonds is 6. The number of anilines is 1. The van der Waals surface area contributed by atoms with Gasteiger partial charge in [-0.15, -0.1) is 0 Å². The van der Waals surface area contributed by atoms with Crippen molar-refractivity contribution in [3.63, 3.8) is 0 Å². The molecular weight excluding hydrogens is 246 g/mol. The predicted octanol–water partition coefficient (Wildman–Crippen LogP) is 4.09. The van der Waals surface area contributed by atoms with E-state index >= 15 is 0 Å². The highest BCUT2D eigenvalue weighted by Gasteiger charge is 2.25. The summed E-state index contributed by atoms with van der Waals surface area (Å²) in [6.07, 6.45) is 7.07. The van der Waals surface area contributed by atoms with E-state index in [1.165, 1.54) is 44.3 Å². The molecule has 0 aliphatic carbocycles. The molecule has 0 bridgehead atoms. The fourth-order valence-corrected chi connectivity index (χ4v) is 3.03. The van der Waals surface area contributed by atoms with E-state index in [4.69, 9.17) is 0 Å². The van der Waals surface area contributed by atoms with Gasteiger partial charge in [0.05, 0.1) is 0 Å². The fourth-order valence-electron chi connectivity index (χ4n) is 3.03. The van der Waals surface area contributed by atoms with Crippen molar-refractivity contribution in [3.05, 3.63) is 23.9 Å². The number of piperidine rings is 1. The minimum absolute atomic E-state index is 0.548. The topological polar surface area (TPSA) is 28.2 Å². The molecule has 2 heterocycles. The van der Waals surface area contributed by atoms with E-state index in [-0.39, 0.29) is 0 Å². The molecule has 0 spiro atoms. The Morgan fingerprint density at radius 2 is 2.25 bits per heavy atom. The van der Waals surface area contributed by atoms with Crippen LogP contribution in [0.4, 0.5) is 5.82 Å². The van der Waals surface area contributed by atoms with E-state index in [9.17, 15) is 0 Å². The van der Waals surface area contributed by atoms with E-state index in [0.717, 1.165) is 12.4 Å². The summed E-state index contributed by atoms with van der Waals surface area (Å²) in [5.74, 6) is 1.73. The number of likely N-dealkylation sites (tertiary alicyclic amines) is 1. The van der Waals surface area contributed by atoms with Gasteiger partial charge in [0.2, 0.25) is 0 Å². The molecule has 2 rings (SSSR count). The summed E-state index contributed by atoms with van der Waals surface area (Å²) >= 11 is 0. The molecule has 1 aromatic heterocycles. The number of aromatic nitrogens is 1. The first-order chi connectivity index (χ1) is 9.72. The summed E-state index contributed by atoms with van der Waals surface area (Å²) in [4.78, 5) is 7.22. The number of hydrogen-bond acceptors (Lipinski definition) is 3. The van der Waals surface area contributed by atoms with Crippen LogP contribution < -0.4 is 5.32 Å². The maximum absolute atomic E-state index is 4.58. The van der Waals surface area contributed by atoms with Crippen molar-refractivity contribution < 1.29 is 0 Å². The Labute approximate surface area is 123 Å². The van der Waals surface area contributed by atoms with Crippen molar-refractivity contribution in [2.45, 2.75) is 52.5 Å². The molecule has 1 aliphatic heterocycles. The highest BCUT2D eigenvalue weighted by Crippen LogP contribution is 2.34. The summed E-state index contributed by atoms with van der Waals surface area (Å²) in [7, 11) is 0. The zero-order chi connectivity index (χ0) is 14.4. The highest BCUT2D eigenvalue weighted by atomic mass is 15.2. The molecule has 1 atom stereocenters. The Morgan fingerprint density at radius 1 is 1.40 bits per heavy atom. The molecule has 1 N–H and O–H groups in total. The average molecular weight is 275 g/mol. The van der Waals surface area contributed by atoms with Crippen molar-refractivity contribution in [3.8, 4) is 0 Å². The molecule has 1 saturated heterocycles. The lowest BCUT2D eigenvalue weighted by molar-refractivity contribution is 0.149. The van der Waals surface area contributed by atoms with Gasteiger partial charge in [-0.2, -0.15) is 0 Å². The molecule has 0 aromatic carbocycles. The van der Waals surface area contributed by atoms with Gasteiger partial charge in [-0.25, -0.2) is 4.98 Å². The van der Waals surface area contributed by atoms with Gasteiger partial charge in [-0.1, -0.05) is 33.3 Å². The minimum atomic E-state index is 0.548. The summed E-state index contributed by atoms with van der Waals surface area (Å²) < 4.78 is 0. The predicted molar refractivity (Wildman–Crippen MR) is 86.0 cm³/mol. The van der Waals surface area contributed by atoms with Gasteiger partial charge in [0.25, 0.3) is 0 Å². The first-order valence-corrected chi connectivity index (χ1v) is 8.15. The third-order valence-electron chi connectivity index (χ3n) is 4.00. The van der Waals surface area contributed by atoms with Crippen LogP contribution in [-0.2, 0) is 0 Å². The van der Waals surface area contributed by atoms with Crippen LogP contribution in [0, 0.1) is 5.92 Å². The van der Waals surface area contributed by atoms with Crippen molar-refractivity contribution in [1.29, 1.82) is 0 Å². The maximum atomic E-state index is 4.58. The van der Waals surface area contributed by atoms with Crippen LogP contribution in [0.15, 0.2) is 18.3 Å². The van der Waals surface area contributed by atoms with E-state index in [1.54, 1.807) is 0 Å². The summed E-state index contributed by atoms with van der Waals surface area (Å²) in [6, 6.07) is 4.88. The highest BCUT2D eigenvalue weighted by molar-refractivity contribution is 5.45. The van der Waals surface area contributed by atoms with Gasteiger partial charge in [-0.3, -0.25) is 4.90 Å². The van der Waals surface area contributed by atoms with Gasteiger partial charge in [0.15, 0.2) is 0 Å². The molecule has 0 amide bonds.